The summed E-state index contributed by atoms with van der Waals surface area (Å²) in [4.78, 5) is 5.32. The summed E-state index contributed by atoms with van der Waals surface area (Å²) in [6.07, 6.45) is 0. The summed E-state index contributed by atoms with van der Waals surface area (Å²) in [5.41, 5.74) is 9.51. The Hall–Kier alpha value is -3.91. The van der Waals surface area contributed by atoms with E-state index >= 15 is 0 Å². The number of rotatable bonds is 8. The molecule has 1 atom stereocenters. The van der Waals surface area contributed by atoms with Crippen molar-refractivity contribution in [2.75, 3.05) is 5.32 Å². The van der Waals surface area contributed by atoms with Crippen molar-refractivity contribution in [2.24, 2.45) is 0 Å². The largest absolute Gasteiger partial charge is 0.372 e. The van der Waals surface area contributed by atoms with Crippen LogP contribution in [0.3, 0.4) is 0 Å². The van der Waals surface area contributed by atoms with E-state index in [2.05, 4.69) is 144 Å². The van der Waals surface area contributed by atoms with E-state index in [4.69, 9.17) is 4.98 Å². The minimum atomic E-state index is -0.101. The number of anilines is 1. The predicted molar refractivity (Wildman–Crippen MR) is 167 cm³/mol. The molecule has 0 saturated carbocycles. The standard InChI is InChI=1S/C37H39N2/c1-24(2)28-16-9-10-18-33(28)37(39-36-29(25(3)4)19-12-20-30(36)26(5)6)35-23-13-22-34(38-35)32-21-11-15-27-14-7-8-17-31(27)32/h7-20,22-26,37,39H,1-6H3/q-1. The molecule has 0 saturated heterocycles. The third-order valence-corrected chi connectivity index (χ3v) is 7.63. The van der Waals surface area contributed by atoms with Gasteiger partial charge in [-0.1, -0.05) is 126 Å². The zero-order chi connectivity index (χ0) is 27.5. The van der Waals surface area contributed by atoms with Crippen LogP contribution in [0, 0.1) is 6.07 Å². The lowest BCUT2D eigenvalue weighted by Gasteiger charge is -2.29. The topological polar surface area (TPSA) is 24.9 Å². The second-order valence-corrected chi connectivity index (χ2v) is 11.4. The Balaban J connectivity index is 1.71. The summed E-state index contributed by atoms with van der Waals surface area (Å²) in [5.74, 6) is 1.19. The number of pyridine rings is 1. The highest BCUT2D eigenvalue weighted by atomic mass is 15.0. The van der Waals surface area contributed by atoms with E-state index < -0.39 is 0 Å². The van der Waals surface area contributed by atoms with Crippen LogP contribution in [-0.2, 0) is 0 Å². The van der Waals surface area contributed by atoms with Crippen LogP contribution in [-0.4, -0.2) is 4.98 Å². The molecule has 0 amide bonds. The van der Waals surface area contributed by atoms with Crippen molar-refractivity contribution in [3.05, 3.63) is 131 Å². The first kappa shape index (κ1) is 26.7. The summed E-state index contributed by atoms with van der Waals surface area (Å²) in [6, 6.07) is 37.9. The maximum Gasteiger partial charge on any atom is 0.0933 e. The number of fused-ring (bicyclic) bond motifs is 1. The molecule has 0 spiro atoms. The fourth-order valence-electron chi connectivity index (χ4n) is 5.60. The first-order valence-electron chi connectivity index (χ1n) is 14.2. The zero-order valence-corrected chi connectivity index (χ0v) is 24.0. The maximum absolute atomic E-state index is 5.32. The summed E-state index contributed by atoms with van der Waals surface area (Å²) in [7, 11) is 0. The van der Waals surface area contributed by atoms with Crippen LogP contribution in [0.1, 0.15) is 93.3 Å². The molecule has 0 aliphatic carbocycles. The summed E-state index contributed by atoms with van der Waals surface area (Å²) in [5, 5.41) is 6.42. The van der Waals surface area contributed by atoms with Gasteiger partial charge in [-0.25, -0.2) is 0 Å². The van der Waals surface area contributed by atoms with Crippen molar-refractivity contribution in [2.45, 2.75) is 65.3 Å². The van der Waals surface area contributed by atoms with E-state index in [1.807, 2.05) is 6.07 Å². The molecule has 0 radical (unpaired) electrons. The smallest absolute Gasteiger partial charge is 0.0933 e. The minimum Gasteiger partial charge on any atom is -0.372 e. The number of hydrogen-bond acceptors (Lipinski definition) is 2. The van der Waals surface area contributed by atoms with Gasteiger partial charge in [0, 0.05) is 5.69 Å². The Kier molecular flexibility index (Phi) is 7.84. The lowest BCUT2D eigenvalue weighted by molar-refractivity contribution is 0.788. The molecule has 1 N–H and O–H groups in total. The van der Waals surface area contributed by atoms with Crippen molar-refractivity contribution in [1.29, 1.82) is 0 Å². The van der Waals surface area contributed by atoms with Gasteiger partial charge in [0.2, 0.25) is 0 Å². The van der Waals surface area contributed by atoms with Crippen LogP contribution < -0.4 is 5.32 Å². The van der Waals surface area contributed by atoms with E-state index in [9.17, 15) is 0 Å². The van der Waals surface area contributed by atoms with Gasteiger partial charge in [-0.05, 0) is 51.8 Å². The lowest BCUT2D eigenvalue weighted by atomic mass is 9.88. The monoisotopic (exact) mass is 511 g/mol. The molecule has 1 aromatic heterocycles. The van der Waals surface area contributed by atoms with Crippen LogP contribution in [0.15, 0.2) is 97.1 Å². The van der Waals surface area contributed by atoms with Gasteiger partial charge in [0.15, 0.2) is 0 Å². The number of benzene rings is 4. The fourth-order valence-corrected chi connectivity index (χ4v) is 5.60. The van der Waals surface area contributed by atoms with Crippen molar-refractivity contribution in [3.8, 4) is 11.3 Å². The molecule has 5 aromatic rings. The zero-order valence-electron chi connectivity index (χ0n) is 24.0. The van der Waals surface area contributed by atoms with Crippen LogP contribution in [0.5, 0.6) is 0 Å². The molecule has 2 nitrogen and oxygen atoms in total. The Labute approximate surface area is 234 Å². The molecule has 0 fully saturated rings. The van der Waals surface area contributed by atoms with Gasteiger partial charge < -0.3 is 5.32 Å². The first-order chi connectivity index (χ1) is 18.8. The van der Waals surface area contributed by atoms with E-state index in [0.717, 1.165) is 17.0 Å². The second-order valence-electron chi connectivity index (χ2n) is 11.4. The Morgan fingerprint density at radius 1 is 0.590 bits per heavy atom. The van der Waals surface area contributed by atoms with Gasteiger partial charge in [-0.15, -0.1) is 29.1 Å². The van der Waals surface area contributed by atoms with Crippen molar-refractivity contribution >= 4 is 16.5 Å². The highest BCUT2D eigenvalue weighted by Crippen LogP contribution is 2.39. The summed E-state index contributed by atoms with van der Waals surface area (Å²) < 4.78 is 0. The molecule has 0 aliphatic rings. The van der Waals surface area contributed by atoms with Crippen LogP contribution in [0.2, 0.25) is 0 Å². The molecule has 1 heterocycles. The number of nitrogens with one attached hydrogen (secondary N) is 1. The van der Waals surface area contributed by atoms with Gasteiger partial charge in [-0.3, -0.25) is 4.98 Å². The first-order valence-corrected chi connectivity index (χ1v) is 14.2. The second kappa shape index (κ2) is 11.5. The van der Waals surface area contributed by atoms with Crippen LogP contribution >= 0.6 is 0 Å². The number of aromatic nitrogens is 1. The fraction of sp³-hybridized carbons (Fsp3) is 0.270. The minimum absolute atomic E-state index is 0.101. The number of nitrogens with zero attached hydrogens (tertiary/aromatic N) is 1. The Morgan fingerprint density at radius 2 is 1.18 bits per heavy atom. The van der Waals surface area contributed by atoms with Gasteiger partial charge in [0.1, 0.15) is 0 Å². The molecule has 0 bridgehead atoms. The van der Waals surface area contributed by atoms with Gasteiger partial charge in [0.05, 0.1) is 11.7 Å². The number of para-hydroxylation sites is 1. The quantitative estimate of drug-likeness (QED) is 0.210. The van der Waals surface area contributed by atoms with Gasteiger partial charge in [-0.2, -0.15) is 0 Å². The maximum atomic E-state index is 5.32. The predicted octanol–water partition coefficient (Wildman–Crippen LogP) is 10.3. The molecule has 39 heavy (non-hydrogen) atoms. The normalized spacial score (nSPS) is 12.4. The molecule has 1 unspecified atom stereocenters. The highest BCUT2D eigenvalue weighted by molar-refractivity contribution is 5.95. The van der Waals surface area contributed by atoms with Crippen LogP contribution in [0.4, 0.5) is 5.69 Å². The average molecular weight is 512 g/mol. The van der Waals surface area contributed by atoms with E-state index in [0.29, 0.717) is 17.8 Å². The molecule has 4 aromatic carbocycles. The SMILES string of the molecule is CC(C)c1ccccc1C(Nc1c(C(C)C)cccc1C(C)C)c1cccc(-c2[c-]ccc3ccccc23)n1. The van der Waals surface area contributed by atoms with Crippen LogP contribution in [0.25, 0.3) is 22.0 Å². The average Bonchev–Trinajstić information content (AvgIpc) is 2.95. The molecular weight excluding hydrogens is 472 g/mol. The Morgan fingerprint density at radius 3 is 1.87 bits per heavy atom. The number of hydrogen-bond donors (Lipinski definition) is 1. The van der Waals surface area contributed by atoms with Crippen molar-refractivity contribution < 1.29 is 0 Å². The molecular formula is C37H39N2-. The van der Waals surface area contributed by atoms with Gasteiger partial charge >= 0.3 is 0 Å². The molecule has 5 rings (SSSR count). The lowest BCUT2D eigenvalue weighted by Crippen LogP contribution is -2.19. The molecule has 198 valence electrons. The van der Waals surface area contributed by atoms with E-state index in [-0.39, 0.29) is 6.04 Å². The van der Waals surface area contributed by atoms with Crippen molar-refractivity contribution in [1.82, 2.24) is 4.98 Å². The highest BCUT2D eigenvalue weighted by Gasteiger charge is 2.23. The van der Waals surface area contributed by atoms with E-state index in [1.54, 1.807) is 0 Å². The summed E-state index contributed by atoms with van der Waals surface area (Å²) >= 11 is 0. The van der Waals surface area contributed by atoms with E-state index in [1.165, 1.54) is 38.7 Å². The third kappa shape index (κ3) is 5.47. The van der Waals surface area contributed by atoms with Crippen molar-refractivity contribution in [3.63, 3.8) is 0 Å². The van der Waals surface area contributed by atoms with Gasteiger partial charge in [0.25, 0.3) is 0 Å². The third-order valence-electron chi connectivity index (χ3n) is 7.63. The Bertz CT molecular complexity index is 1550. The molecule has 0 aliphatic heterocycles. The summed E-state index contributed by atoms with van der Waals surface area (Å²) in [6.45, 7) is 13.6. The molecule has 2 heteroatoms.